The predicted octanol–water partition coefficient (Wildman–Crippen LogP) is 12.8. The summed E-state index contributed by atoms with van der Waals surface area (Å²) in [5.41, 5.74) is 16.6. The Morgan fingerprint density at radius 3 is 0.930 bits per heavy atom. The third-order valence-electron chi connectivity index (χ3n) is 25.1. The molecule has 0 saturated heterocycles. The van der Waals surface area contributed by atoms with Crippen molar-refractivity contribution in [3.05, 3.63) is 319 Å². The average Bonchev–Trinajstić information content (AvgIpc) is 1.65. The second-order valence-electron chi connectivity index (χ2n) is 35.2. The number of para-hydroxylation sites is 2. The van der Waals surface area contributed by atoms with Gasteiger partial charge in [-0.05, 0) is 174 Å². The van der Waals surface area contributed by atoms with Gasteiger partial charge >= 0.3 is 0 Å². The minimum atomic E-state index is -0.446. The molecule has 11 aromatic rings. The Balaban J connectivity index is 0.663. The van der Waals surface area contributed by atoms with E-state index in [1.54, 1.807) is 93.8 Å². The number of hydrogen-bond donors (Lipinski definition) is 10. The van der Waals surface area contributed by atoms with E-state index in [0.717, 1.165) is 95.8 Å². The van der Waals surface area contributed by atoms with Crippen LogP contribution in [0.2, 0.25) is 0 Å². The number of aromatic nitrogens is 4. The van der Waals surface area contributed by atoms with Gasteiger partial charge in [0.25, 0.3) is 47.3 Å². The molecule has 10 N–H and O–H groups in total. The zero-order valence-corrected chi connectivity index (χ0v) is 81.5. The van der Waals surface area contributed by atoms with Crippen LogP contribution in [0.5, 0.6) is 11.5 Å². The van der Waals surface area contributed by atoms with E-state index in [-0.39, 0.29) is 123 Å². The molecule has 143 heavy (non-hydrogen) atoms. The fraction of sp³-hybridized carbons (Fsp3) is 0.321. The Hall–Kier alpha value is -14.6. The van der Waals surface area contributed by atoms with E-state index >= 15 is 0 Å². The Labute approximate surface area is 833 Å². The quantitative estimate of drug-likeness (QED) is 0.0195. The summed E-state index contributed by atoms with van der Waals surface area (Å²) in [5.74, 6) is -2.78. The van der Waals surface area contributed by atoms with E-state index < -0.39 is 23.6 Å². The first-order valence-corrected chi connectivity index (χ1v) is 49.0. The maximum absolute atomic E-state index is 14.7. The molecule has 744 valence electrons. The number of carbonyl (C=O) groups excluding carboxylic acids is 8. The molecule has 4 aliphatic rings. The molecule has 0 aliphatic carbocycles. The largest absolute Gasteiger partial charge is 0.487 e. The summed E-state index contributed by atoms with van der Waals surface area (Å²) in [5, 5.41) is 24.7. The van der Waals surface area contributed by atoms with E-state index in [0.29, 0.717) is 171 Å². The van der Waals surface area contributed by atoms with Crippen molar-refractivity contribution in [2.45, 2.75) is 53.5 Å². The van der Waals surface area contributed by atoms with Gasteiger partial charge in [-0.1, -0.05) is 140 Å². The van der Waals surface area contributed by atoms with Crippen LogP contribution in [-0.4, -0.2) is 271 Å². The van der Waals surface area contributed by atoms with E-state index in [1.807, 2.05) is 128 Å². The maximum atomic E-state index is 14.7. The zero-order chi connectivity index (χ0) is 99.4. The smallest absolute Gasteiger partial charge is 0.255 e. The van der Waals surface area contributed by atoms with Gasteiger partial charge in [-0.25, -0.2) is 9.97 Å². The van der Waals surface area contributed by atoms with Crippen LogP contribution in [0.4, 0.5) is 0 Å². The molecule has 4 aliphatic heterocycles. The van der Waals surface area contributed by atoms with Gasteiger partial charge < -0.3 is 85.7 Å². The van der Waals surface area contributed by atoms with Gasteiger partial charge in [0.15, 0.2) is 0 Å². The van der Waals surface area contributed by atoms with Crippen molar-refractivity contribution in [2.24, 2.45) is 0 Å². The van der Waals surface area contributed by atoms with Crippen molar-refractivity contribution >= 4 is 93.6 Å². The summed E-state index contributed by atoms with van der Waals surface area (Å²) in [6, 6.07) is 68.0. The monoisotopic (exact) mass is 1930 g/mol. The number of nitrogens with one attached hydrogen (secondary N) is 10. The van der Waals surface area contributed by atoms with Crippen molar-refractivity contribution in [1.82, 2.24) is 82.1 Å². The van der Waals surface area contributed by atoms with E-state index in [9.17, 15) is 38.4 Å². The van der Waals surface area contributed by atoms with Gasteiger partial charge in [0.05, 0.1) is 97.9 Å². The van der Waals surface area contributed by atoms with Gasteiger partial charge in [0.2, 0.25) is 0 Å². The summed E-state index contributed by atoms with van der Waals surface area (Å²) >= 11 is 0. The van der Waals surface area contributed by atoms with E-state index in [2.05, 4.69) is 121 Å². The molecule has 0 radical (unpaired) electrons. The molecule has 0 atom stereocenters. The lowest BCUT2D eigenvalue weighted by Gasteiger charge is -2.24. The minimum Gasteiger partial charge on any atom is -0.487 e. The first kappa shape index (κ1) is 103. The van der Waals surface area contributed by atoms with Crippen LogP contribution >= 0.6 is 0 Å². The molecule has 0 fully saturated rings. The highest BCUT2D eigenvalue weighted by molar-refractivity contribution is 6.07. The van der Waals surface area contributed by atoms with Gasteiger partial charge in [-0.3, -0.25) is 58.0 Å². The van der Waals surface area contributed by atoms with Crippen LogP contribution < -0.4 is 52.0 Å². The molecule has 0 saturated carbocycles. The fourth-order valence-corrected chi connectivity index (χ4v) is 17.5. The molecule has 8 amide bonds. The van der Waals surface area contributed by atoms with E-state index in [1.165, 1.54) is 0 Å². The number of amides is 8. The molecule has 8 aromatic carbocycles. The lowest BCUT2D eigenvalue weighted by atomic mass is 10.0. The van der Waals surface area contributed by atoms with Crippen LogP contribution in [0.3, 0.4) is 0 Å². The number of benzene rings is 8. The number of carbonyl (C=O) groups is 8. The van der Waals surface area contributed by atoms with Crippen LogP contribution in [0.1, 0.15) is 152 Å². The zero-order valence-electron chi connectivity index (χ0n) is 81.5. The number of methoxy groups -OCH3 is 1. The standard InChI is InChI=1S/C112H126N16O15/c1-5-62-138-67-68-139-63-60-126-54-46-117-109(133)93-24-14-26-95(103(93)142-75-81-16-8-6-9-17-81)111(135)119-50-58-128(59-51-120-112(136)96-27-15-25-94(110(134)118-47-55-126)104(96)143-76-82-18-10-7-11-19-82)74-80-30-34-84(35-31-80)102-99-42-38-87(123-99)71-85-36-40-97(121-85)101(98-41-37-86(122-98)72-88-39-43-100(102)124-88)83-32-28-79(29-33-83)73-127-56-48-115-107(131)91-22-12-20-89(77(91)2)105(129)113-44-52-125(61-64-140-69-70-141-66-65-137-4)53-45-114-106(130)90-21-13-23-92(78(90)3)108(132)116-49-57-127/h6-43,71-72,121,124H,5,44-70,73-76H2,1-4H3,(H,113,129)(H,114,130)(H,115,131)(H,116,132)(H,117,133)(H,118,134)(H,119,135)(H,120,136). The highest BCUT2D eigenvalue weighted by Crippen LogP contribution is 2.35. The summed E-state index contributed by atoms with van der Waals surface area (Å²) in [4.78, 5) is 141. The number of ether oxygens (including phenoxy) is 7. The van der Waals surface area contributed by atoms with Crippen molar-refractivity contribution in [3.8, 4) is 33.8 Å². The molecule has 31 nitrogen and oxygen atoms in total. The summed E-state index contributed by atoms with van der Waals surface area (Å²) < 4.78 is 41.0. The van der Waals surface area contributed by atoms with Crippen LogP contribution in [0.15, 0.2) is 218 Å². The molecular formula is C112H126N16O15. The number of hydrogen-bond acceptors (Lipinski definition) is 21. The molecule has 0 unspecified atom stereocenters. The molecule has 0 spiro atoms. The Morgan fingerprint density at radius 2 is 0.601 bits per heavy atom. The van der Waals surface area contributed by atoms with E-state index in [4.69, 9.17) is 43.1 Å². The fourth-order valence-electron chi connectivity index (χ4n) is 17.5. The summed E-state index contributed by atoms with van der Waals surface area (Å²) in [7, 11) is 1.62. The third-order valence-corrected chi connectivity index (χ3v) is 25.1. The lowest BCUT2D eigenvalue weighted by Crippen LogP contribution is -2.41. The number of rotatable bonds is 29. The number of fused-ring (bicyclic) bond motifs is 16. The highest BCUT2D eigenvalue weighted by Gasteiger charge is 2.28. The van der Waals surface area contributed by atoms with Crippen LogP contribution in [-0.2, 0) is 50.0 Å². The van der Waals surface area contributed by atoms with Gasteiger partial charge in [0.1, 0.15) is 24.7 Å². The topological polar surface area (TPSA) is 368 Å². The summed E-state index contributed by atoms with van der Waals surface area (Å²) in [6.45, 7) is 16.5. The third kappa shape index (κ3) is 29.1. The van der Waals surface area contributed by atoms with Gasteiger partial charge in [-0.15, -0.1) is 0 Å². The second kappa shape index (κ2) is 52.7. The Morgan fingerprint density at radius 1 is 0.301 bits per heavy atom. The SMILES string of the molecule is CCCOCCOCCN1CCNC(=O)c2cccc(c2OCc2ccccc2)C(=O)NCCN(Cc2ccc(-c3c4nc(cc5ccc([nH]5)c(-c5ccc(CN6CCNC(=O)c7cccc(c7C)C(=O)NCCN(CCOCCOCCOC)CCNC(=O)c7cccc(c7C)C(=O)NCC6)cc5)c5nc(cc6ccc3[nH]6)C=C5)C=C4)cc2)CCNC(=O)c2cccc(c2OCc2ccccc2)C(=O)NCC1. The van der Waals surface area contributed by atoms with Crippen molar-refractivity contribution in [2.75, 3.05) is 184 Å². The molecule has 7 heterocycles. The lowest BCUT2D eigenvalue weighted by molar-refractivity contribution is 0.0196. The molecule has 15 rings (SSSR count). The minimum absolute atomic E-state index is 0.0845. The second-order valence-corrected chi connectivity index (χ2v) is 35.2. The van der Waals surface area contributed by atoms with Crippen LogP contribution in [0, 0.1) is 13.8 Å². The molecule has 31 heteroatoms. The number of aromatic amines is 2. The van der Waals surface area contributed by atoms with Gasteiger partial charge in [-0.2, -0.15) is 0 Å². The predicted molar refractivity (Wildman–Crippen MR) is 554 cm³/mol. The first-order chi connectivity index (χ1) is 70.0. The Kier molecular flexibility index (Phi) is 37.9. The average molecular weight is 1940 g/mol. The highest BCUT2D eigenvalue weighted by atomic mass is 16.5. The van der Waals surface area contributed by atoms with Crippen molar-refractivity contribution < 1.29 is 71.5 Å². The molecule has 3 aromatic heterocycles. The number of H-pyrrole nitrogens is 2. The van der Waals surface area contributed by atoms with Gasteiger partial charge in [0, 0.05) is 200 Å². The van der Waals surface area contributed by atoms with Crippen molar-refractivity contribution in [3.63, 3.8) is 0 Å². The number of nitrogens with zero attached hydrogens (tertiary/aromatic N) is 6. The Bertz CT molecular complexity index is 6250. The van der Waals surface area contributed by atoms with Crippen LogP contribution in [0.25, 0.3) is 68.6 Å². The molecular weight excluding hydrogens is 1810 g/mol. The van der Waals surface area contributed by atoms with Crippen molar-refractivity contribution in [1.29, 1.82) is 0 Å². The normalized spacial score (nSPS) is 15.4. The first-order valence-electron chi connectivity index (χ1n) is 49.0. The maximum Gasteiger partial charge on any atom is 0.255 e. The molecule has 16 bridgehead atoms. The summed E-state index contributed by atoms with van der Waals surface area (Å²) in [6.07, 6.45) is 8.93.